The third kappa shape index (κ3) is 5.35. The Kier molecular flexibility index (Phi) is 7.78. The zero-order chi connectivity index (χ0) is 19.9. The molecular formula is C23H25IN6. The van der Waals surface area contributed by atoms with E-state index >= 15 is 0 Å². The van der Waals surface area contributed by atoms with E-state index in [0.29, 0.717) is 6.54 Å². The minimum Gasteiger partial charge on any atom is -0.356 e. The molecule has 154 valence electrons. The standard InChI is InChI=1S/C23H24N6.HI/c1-24-23(27-17-22-21-6-3-2-5-19(21)12-15-25-22)26-14-11-18-7-9-20(10-8-18)29-16-4-13-28-29;/h2-10,12-13,15-16H,11,14,17H2,1H3,(H2,24,26,27);1H. The van der Waals surface area contributed by atoms with E-state index in [9.17, 15) is 0 Å². The van der Waals surface area contributed by atoms with Gasteiger partial charge in [0.1, 0.15) is 0 Å². The van der Waals surface area contributed by atoms with Crippen molar-refractivity contribution >= 4 is 40.7 Å². The summed E-state index contributed by atoms with van der Waals surface area (Å²) < 4.78 is 1.86. The van der Waals surface area contributed by atoms with Crippen LogP contribution in [0.2, 0.25) is 0 Å². The summed E-state index contributed by atoms with van der Waals surface area (Å²) in [4.78, 5) is 8.84. The van der Waals surface area contributed by atoms with Gasteiger partial charge in [0.2, 0.25) is 0 Å². The van der Waals surface area contributed by atoms with Crippen LogP contribution in [-0.4, -0.2) is 34.3 Å². The molecule has 0 aliphatic heterocycles. The molecule has 0 atom stereocenters. The number of nitrogens with zero attached hydrogens (tertiary/aromatic N) is 4. The average Bonchev–Trinajstić information content (AvgIpc) is 3.31. The fourth-order valence-corrected chi connectivity index (χ4v) is 3.27. The predicted molar refractivity (Wildman–Crippen MR) is 133 cm³/mol. The number of aliphatic imine (C=N–C) groups is 1. The van der Waals surface area contributed by atoms with Gasteiger partial charge in [-0.25, -0.2) is 4.68 Å². The molecule has 0 aliphatic rings. The van der Waals surface area contributed by atoms with Crippen molar-refractivity contribution in [1.82, 2.24) is 25.4 Å². The van der Waals surface area contributed by atoms with Gasteiger partial charge in [0, 0.05) is 37.6 Å². The van der Waals surface area contributed by atoms with E-state index in [4.69, 9.17) is 0 Å². The Hall–Kier alpha value is -2.94. The van der Waals surface area contributed by atoms with Crippen molar-refractivity contribution in [2.24, 2.45) is 4.99 Å². The van der Waals surface area contributed by atoms with Crippen molar-refractivity contribution in [3.63, 3.8) is 0 Å². The third-order valence-corrected chi connectivity index (χ3v) is 4.81. The predicted octanol–water partition coefficient (Wildman–Crippen LogP) is 3.95. The van der Waals surface area contributed by atoms with Crippen molar-refractivity contribution in [2.45, 2.75) is 13.0 Å². The van der Waals surface area contributed by atoms with E-state index < -0.39 is 0 Å². The highest BCUT2D eigenvalue weighted by molar-refractivity contribution is 14.0. The lowest BCUT2D eigenvalue weighted by molar-refractivity contribution is 0.786. The molecule has 2 aromatic carbocycles. The number of nitrogens with one attached hydrogen (secondary N) is 2. The Balaban J connectivity index is 0.00000256. The van der Waals surface area contributed by atoms with Crippen molar-refractivity contribution < 1.29 is 0 Å². The molecule has 2 N–H and O–H groups in total. The van der Waals surface area contributed by atoms with E-state index in [1.807, 2.05) is 41.3 Å². The molecule has 0 spiro atoms. The van der Waals surface area contributed by atoms with E-state index in [1.165, 1.54) is 10.9 Å². The number of fused-ring (bicyclic) bond motifs is 1. The summed E-state index contributed by atoms with van der Waals surface area (Å²) in [6, 6.07) is 20.7. The minimum absolute atomic E-state index is 0. The van der Waals surface area contributed by atoms with E-state index in [2.05, 4.69) is 62.1 Å². The third-order valence-electron chi connectivity index (χ3n) is 4.81. The minimum atomic E-state index is 0. The first kappa shape index (κ1) is 21.8. The number of aromatic nitrogens is 3. The maximum atomic E-state index is 4.52. The first-order chi connectivity index (χ1) is 14.3. The van der Waals surface area contributed by atoms with Gasteiger partial charge in [-0.3, -0.25) is 9.98 Å². The fourth-order valence-electron chi connectivity index (χ4n) is 3.27. The highest BCUT2D eigenvalue weighted by Gasteiger charge is 2.04. The lowest BCUT2D eigenvalue weighted by atomic mass is 10.1. The molecule has 2 heterocycles. The second-order valence-corrected chi connectivity index (χ2v) is 6.70. The van der Waals surface area contributed by atoms with E-state index in [-0.39, 0.29) is 24.0 Å². The Labute approximate surface area is 193 Å². The summed E-state index contributed by atoms with van der Waals surface area (Å²) in [5.74, 6) is 0.771. The number of hydrogen-bond acceptors (Lipinski definition) is 3. The van der Waals surface area contributed by atoms with E-state index in [1.54, 1.807) is 13.2 Å². The van der Waals surface area contributed by atoms with Gasteiger partial charge >= 0.3 is 0 Å². The largest absolute Gasteiger partial charge is 0.356 e. The number of guanidine groups is 1. The summed E-state index contributed by atoms with van der Waals surface area (Å²) in [6.45, 7) is 1.42. The van der Waals surface area contributed by atoms with Gasteiger partial charge in [-0.05, 0) is 41.6 Å². The highest BCUT2D eigenvalue weighted by Crippen LogP contribution is 2.15. The van der Waals surface area contributed by atoms with Crippen molar-refractivity contribution in [3.05, 3.63) is 90.5 Å². The normalized spacial score (nSPS) is 11.2. The molecule has 0 radical (unpaired) electrons. The van der Waals surface area contributed by atoms with Crippen LogP contribution in [0.5, 0.6) is 0 Å². The summed E-state index contributed by atoms with van der Waals surface area (Å²) >= 11 is 0. The quantitative estimate of drug-likeness (QED) is 0.233. The second-order valence-electron chi connectivity index (χ2n) is 6.70. The van der Waals surface area contributed by atoms with Crippen molar-refractivity contribution in [2.75, 3.05) is 13.6 Å². The van der Waals surface area contributed by atoms with Crippen LogP contribution < -0.4 is 10.6 Å². The molecule has 0 bridgehead atoms. The Morgan fingerprint density at radius 1 is 0.967 bits per heavy atom. The Morgan fingerprint density at radius 3 is 2.57 bits per heavy atom. The maximum absolute atomic E-state index is 4.52. The lowest BCUT2D eigenvalue weighted by Gasteiger charge is -2.13. The smallest absolute Gasteiger partial charge is 0.191 e. The number of hydrogen-bond donors (Lipinski definition) is 2. The average molecular weight is 512 g/mol. The van der Waals surface area contributed by atoms with Crippen LogP contribution >= 0.6 is 24.0 Å². The maximum Gasteiger partial charge on any atom is 0.191 e. The van der Waals surface area contributed by atoms with Crippen molar-refractivity contribution in [1.29, 1.82) is 0 Å². The van der Waals surface area contributed by atoms with Gasteiger partial charge < -0.3 is 10.6 Å². The first-order valence-electron chi connectivity index (χ1n) is 9.69. The molecule has 0 unspecified atom stereocenters. The molecule has 4 aromatic rings. The summed E-state index contributed by atoms with van der Waals surface area (Å²) in [6.07, 6.45) is 6.48. The van der Waals surface area contributed by atoms with Crippen LogP contribution in [0.15, 0.2) is 84.2 Å². The van der Waals surface area contributed by atoms with Crippen LogP contribution in [0, 0.1) is 0 Å². The molecule has 7 heteroatoms. The van der Waals surface area contributed by atoms with Gasteiger partial charge in [0.15, 0.2) is 5.96 Å². The van der Waals surface area contributed by atoms with Crippen LogP contribution in [0.3, 0.4) is 0 Å². The summed E-state index contributed by atoms with van der Waals surface area (Å²) in [7, 11) is 1.78. The van der Waals surface area contributed by atoms with Gasteiger partial charge in [-0.2, -0.15) is 5.10 Å². The second kappa shape index (κ2) is 10.7. The Bertz CT molecular complexity index is 1090. The van der Waals surface area contributed by atoms with E-state index in [0.717, 1.165) is 35.7 Å². The topological polar surface area (TPSA) is 67.1 Å². The molecule has 6 nitrogen and oxygen atoms in total. The number of halogens is 1. The molecule has 0 fully saturated rings. The Morgan fingerprint density at radius 2 is 1.80 bits per heavy atom. The van der Waals surface area contributed by atoms with Crippen molar-refractivity contribution in [3.8, 4) is 5.69 Å². The zero-order valence-electron chi connectivity index (χ0n) is 16.8. The molecule has 30 heavy (non-hydrogen) atoms. The molecule has 2 aromatic heterocycles. The number of rotatable bonds is 6. The molecule has 0 aliphatic carbocycles. The molecular weight excluding hydrogens is 487 g/mol. The molecule has 0 saturated heterocycles. The van der Waals surface area contributed by atoms with Gasteiger partial charge in [0.25, 0.3) is 0 Å². The van der Waals surface area contributed by atoms with Gasteiger partial charge in [-0.1, -0.05) is 36.4 Å². The van der Waals surface area contributed by atoms with Crippen LogP contribution in [0.25, 0.3) is 16.5 Å². The monoisotopic (exact) mass is 512 g/mol. The number of benzene rings is 2. The number of pyridine rings is 1. The highest BCUT2D eigenvalue weighted by atomic mass is 127. The first-order valence-corrected chi connectivity index (χ1v) is 9.69. The molecule has 0 saturated carbocycles. The SMILES string of the molecule is CN=C(NCCc1ccc(-n2cccn2)cc1)NCc1nccc2ccccc12.I. The van der Waals surface area contributed by atoms with Gasteiger partial charge in [-0.15, -0.1) is 24.0 Å². The fraction of sp³-hybridized carbons (Fsp3) is 0.174. The van der Waals surface area contributed by atoms with Crippen LogP contribution in [-0.2, 0) is 13.0 Å². The lowest BCUT2D eigenvalue weighted by Crippen LogP contribution is -2.38. The molecule has 0 amide bonds. The summed E-state index contributed by atoms with van der Waals surface area (Å²) in [5.41, 5.74) is 3.34. The molecule has 4 rings (SSSR count). The zero-order valence-corrected chi connectivity index (χ0v) is 19.2. The van der Waals surface area contributed by atoms with Crippen LogP contribution in [0.4, 0.5) is 0 Å². The van der Waals surface area contributed by atoms with Crippen LogP contribution in [0.1, 0.15) is 11.3 Å². The van der Waals surface area contributed by atoms with Gasteiger partial charge in [0.05, 0.1) is 17.9 Å². The summed E-state index contributed by atoms with van der Waals surface area (Å²) in [5, 5.41) is 13.3.